The van der Waals surface area contributed by atoms with E-state index in [0.29, 0.717) is 31.0 Å². The fourth-order valence-electron chi connectivity index (χ4n) is 3.02. The molecule has 0 aliphatic carbocycles. The van der Waals surface area contributed by atoms with Crippen molar-refractivity contribution in [3.63, 3.8) is 0 Å². The van der Waals surface area contributed by atoms with E-state index in [1.165, 1.54) is 0 Å². The lowest BCUT2D eigenvalue weighted by molar-refractivity contribution is 0.203. The molecule has 0 atom stereocenters. The summed E-state index contributed by atoms with van der Waals surface area (Å²) in [7, 11) is 4.96. The van der Waals surface area contributed by atoms with Crippen LogP contribution in [0.15, 0.2) is 63.5 Å². The van der Waals surface area contributed by atoms with Crippen LogP contribution in [0.3, 0.4) is 0 Å². The van der Waals surface area contributed by atoms with Crippen LogP contribution >= 0.6 is 15.9 Å². The lowest BCUT2D eigenvalue weighted by Crippen LogP contribution is -2.37. The Balaban J connectivity index is 1.50. The number of hydrogen-bond acceptors (Lipinski definition) is 4. The van der Waals surface area contributed by atoms with Gasteiger partial charge < -0.3 is 24.1 Å². The van der Waals surface area contributed by atoms with Crippen LogP contribution in [-0.4, -0.2) is 38.7 Å². The second-order valence-electron chi connectivity index (χ2n) is 6.80. The predicted molar refractivity (Wildman–Crippen MR) is 120 cm³/mol. The average molecular weight is 473 g/mol. The molecule has 2 aromatic carbocycles. The van der Waals surface area contributed by atoms with E-state index in [-0.39, 0.29) is 6.03 Å². The summed E-state index contributed by atoms with van der Waals surface area (Å²) in [6.45, 7) is 0.902. The number of ether oxygens (including phenoxy) is 2. The molecule has 0 fully saturated rings. The van der Waals surface area contributed by atoms with E-state index < -0.39 is 0 Å². The Morgan fingerprint density at radius 1 is 1.03 bits per heavy atom. The number of hydrogen-bond donors (Lipinski definition) is 1. The molecule has 1 N–H and O–H groups in total. The van der Waals surface area contributed by atoms with Gasteiger partial charge in [-0.15, -0.1) is 0 Å². The highest BCUT2D eigenvalue weighted by atomic mass is 79.9. The number of methoxy groups -OCH3 is 2. The second kappa shape index (κ2) is 10.2. The molecule has 3 rings (SSSR count). The molecule has 0 saturated carbocycles. The summed E-state index contributed by atoms with van der Waals surface area (Å²) in [6.07, 6.45) is 0.689. The molecule has 0 radical (unpaired) electrons. The molecular weight excluding hydrogens is 448 g/mol. The Morgan fingerprint density at radius 3 is 2.47 bits per heavy atom. The van der Waals surface area contributed by atoms with Crippen molar-refractivity contribution in [2.45, 2.75) is 13.0 Å². The van der Waals surface area contributed by atoms with E-state index in [1.54, 1.807) is 26.2 Å². The lowest BCUT2D eigenvalue weighted by atomic mass is 10.1. The summed E-state index contributed by atoms with van der Waals surface area (Å²) in [4.78, 5) is 14.0. The SMILES string of the molecule is COc1ccc(CCNC(=O)N(C)Cc2ccc(-c3ccc(Br)cc3)o2)cc1OC. The van der Waals surface area contributed by atoms with Crippen molar-refractivity contribution in [2.75, 3.05) is 27.8 Å². The normalized spacial score (nSPS) is 10.5. The van der Waals surface area contributed by atoms with Crippen molar-refractivity contribution in [3.05, 3.63) is 70.4 Å². The fraction of sp³-hybridized carbons (Fsp3) is 0.261. The van der Waals surface area contributed by atoms with Crippen LogP contribution in [0.5, 0.6) is 11.5 Å². The molecule has 158 valence electrons. The maximum Gasteiger partial charge on any atom is 0.317 e. The second-order valence-corrected chi connectivity index (χ2v) is 7.72. The van der Waals surface area contributed by atoms with E-state index in [2.05, 4.69) is 21.2 Å². The van der Waals surface area contributed by atoms with Crippen LogP contribution in [-0.2, 0) is 13.0 Å². The third-order valence-electron chi connectivity index (χ3n) is 4.67. The van der Waals surface area contributed by atoms with E-state index in [4.69, 9.17) is 13.9 Å². The van der Waals surface area contributed by atoms with Crippen LogP contribution in [0.25, 0.3) is 11.3 Å². The molecule has 1 heterocycles. The van der Waals surface area contributed by atoms with E-state index in [1.807, 2.05) is 54.6 Å². The molecule has 0 saturated heterocycles. The highest BCUT2D eigenvalue weighted by Crippen LogP contribution is 2.27. The maximum atomic E-state index is 12.4. The maximum absolute atomic E-state index is 12.4. The molecule has 30 heavy (non-hydrogen) atoms. The first kappa shape index (κ1) is 21.8. The molecule has 2 amide bonds. The van der Waals surface area contributed by atoms with Gasteiger partial charge in [-0.2, -0.15) is 0 Å². The van der Waals surface area contributed by atoms with Gasteiger partial charge >= 0.3 is 6.03 Å². The number of rotatable bonds is 8. The van der Waals surface area contributed by atoms with Crippen molar-refractivity contribution < 1.29 is 18.7 Å². The molecule has 0 bridgehead atoms. The zero-order valence-electron chi connectivity index (χ0n) is 17.3. The largest absolute Gasteiger partial charge is 0.493 e. The standard InChI is InChI=1S/C23H25BrN2O4/c1-26(15-19-9-11-20(30-19)17-5-7-18(24)8-6-17)23(27)25-13-12-16-4-10-21(28-2)22(14-16)29-3/h4-11,14H,12-13,15H2,1-3H3,(H,25,27). The smallest absolute Gasteiger partial charge is 0.317 e. The Morgan fingerprint density at radius 2 is 1.77 bits per heavy atom. The zero-order chi connectivity index (χ0) is 21.5. The van der Waals surface area contributed by atoms with Gasteiger partial charge in [0, 0.05) is 23.6 Å². The molecule has 3 aromatic rings. The minimum atomic E-state index is -0.155. The van der Waals surface area contributed by atoms with E-state index >= 15 is 0 Å². The Hall–Kier alpha value is -2.93. The quantitative estimate of drug-likeness (QED) is 0.494. The number of furan rings is 1. The molecule has 6 nitrogen and oxygen atoms in total. The third kappa shape index (κ3) is 5.57. The summed E-state index contributed by atoms with van der Waals surface area (Å²) in [5, 5.41) is 2.93. The van der Waals surface area contributed by atoms with Gasteiger partial charge in [0.05, 0.1) is 20.8 Å². The van der Waals surface area contributed by atoms with Gasteiger partial charge in [0.1, 0.15) is 11.5 Å². The monoisotopic (exact) mass is 472 g/mol. The van der Waals surface area contributed by atoms with Crippen molar-refractivity contribution in [1.82, 2.24) is 10.2 Å². The molecule has 7 heteroatoms. The van der Waals surface area contributed by atoms with Gasteiger partial charge in [-0.05, 0) is 48.4 Å². The number of nitrogens with one attached hydrogen (secondary N) is 1. The van der Waals surface area contributed by atoms with Crippen LogP contribution in [0.2, 0.25) is 0 Å². The van der Waals surface area contributed by atoms with Gasteiger partial charge in [-0.3, -0.25) is 0 Å². The topological polar surface area (TPSA) is 63.9 Å². The Labute approximate surface area is 184 Å². The molecule has 1 aromatic heterocycles. The van der Waals surface area contributed by atoms with Crippen LogP contribution in [0.1, 0.15) is 11.3 Å². The lowest BCUT2D eigenvalue weighted by Gasteiger charge is -2.17. The Bertz CT molecular complexity index is 985. The van der Waals surface area contributed by atoms with Gasteiger partial charge in [-0.1, -0.05) is 34.1 Å². The van der Waals surface area contributed by atoms with Crippen LogP contribution in [0, 0.1) is 0 Å². The highest BCUT2D eigenvalue weighted by molar-refractivity contribution is 9.10. The predicted octanol–water partition coefficient (Wildman–Crippen LogP) is 5.11. The summed E-state index contributed by atoms with van der Waals surface area (Å²) in [5.74, 6) is 2.87. The number of nitrogens with zero attached hydrogens (tertiary/aromatic N) is 1. The van der Waals surface area contributed by atoms with Crippen LogP contribution < -0.4 is 14.8 Å². The summed E-state index contributed by atoms with van der Waals surface area (Å²) >= 11 is 3.43. The number of carbonyl (C=O) groups excluding carboxylic acids is 1. The van der Waals surface area contributed by atoms with Crippen LogP contribution in [0.4, 0.5) is 4.79 Å². The molecule has 0 aliphatic rings. The zero-order valence-corrected chi connectivity index (χ0v) is 18.9. The number of urea groups is 1. The number of benzene rings is 2. The van der Waals surface area contributed by atoms with Crippen molar-refractivity contribution in [3.8, 4) is 22.8 Å². The number of amides is 2. The Kier molecular flexibility index (Phi) is 7.41. The van der Waals surface area contributed by atoms with Crippen molar-refractivity contribution >= 4 is 22.0 Å². The third-order valence-corrected chi connectivity index (χ3v) is 5.20. The molecular formula is C23H25BrN2O4. The van der Waals surface area contributed by atoms with Gasteiger partial charge in [0.2, 0.25) is 0 Å². The number of carbonyl (C=O) groups is 1. The first-order valence-electron chi connectivity index (χ1n) is 9.54. The molecule has 0 unspecified atom stereocenters. The van der Waals surface area contributed by atoms with Gasteiger partial charge in [0.15, 0.2) is 11.5 Å². The first-order chi connectivity index (χ1) is 14.5. The van der Waals surface area contributed by atoms with Crippen molar-refractivity contribution in [1.29, 1.82) is 0 Å². The molecule has 0 aliphatic heterocycles. The summed E-state index contributed by atoms with van der Waals surface area (Å²) in [6, 6.07) is 17.3. The minimum Gasteiger partial charge on any atom is -0.493 e. The fourth-order valence-corrected chi connectivity index (χ4v) is 3.29. The van der Waals surface area contributed by atoms with Crippen molar-refractivity contribution in [2.24, 2.45) is 0 Å². The average Bonchev–Trinajstić information content (AvgIpc) is 3.22. The van der Waals surface area contributed by atoms with Gasteiger partial charge in [-0.25, -0.2) is 4.79 Å². The summed E-state index contributed by atoms with van der Waals surface area (Å²) in [5.41, 5.74) is 2.05. The van der Waals surface area contributed by atoms with Gasteiger partial charge in [0.25, 0.3) is 0 Å². The number of halogens is 1. The van der Waals surface area contributed by atoms with E-state index in [9.17, 15) is 4.79 Å². The van der Waals surface area contributed by atoms with E-state index in [0.717, 1.165) is 27.1 Å². The summed E-state index contributed by atoms with van der Waals surface area (Å²) < 4.78 is 17.5. The molecule has 0 spiro atoms. The first-order valence-corrected chi connectivity index (χ1v) is 10.3. The minimum absolute atomic E-state index is 0.155. The highest BCUT2D eigenvalue weighted by Gasteiger charge is 2.12.